The third-order valence-electron chi connectivity index (χ3n) is 3.45. The first-order chi connectivity index (χ1) is 12.5. The minimum Gasteiger partial charge on any atom is -0.493 e. The van der Waals surface area contributed by atoms with Gasteiger partial charge in [-0.2, -0.15) is 8.78 Å². The van der Waals surface area contributed by atoms with Gasteiger partial charge in [0, 0.05) is 24.7 Å². The van der Waals surface area contributed by atoms with Crippen molar-refractivity contribution in [3.05, 3.63) is 39.8 Å². The number of guanidine groups is 1. The predicted octanol–water partition coefficient (Wildman–Crippen LogP) is 3.59. The normalized spacial score (nSPS) is 11.1. The molecule has 0 unspecified atom stereocenters. The Balaban J connectivity index is 0.00000364. The van der Waals surface area contributed by atoms with E-state index < -0.39 is 6.61 Å². The zero-order valence-electron chi connectivity index (χ0n) is 15.3. The van der Waals surface area contributed by atoms with Crippen LogP contribution in [0.5, 0.6) is 11.5 Å². The molecule has 150 valence electrons. The number of hydrogen-bond donors (Lipinski definition) is 2. The summed E-state index contributed by atoms with van der Waals surface area (Å²) in [6.45, 7) is 0.286. The van der Waals surface area contributed by atoms with E-state index in [1.807, 2.05) is 19.2 Å². The first kappa shape index (κ1) is 23.3. The van der Waals surface area contributed by atoms with Crippen LogP contribution in [0, 0.1) is 6.92 Å². The van der Waals surface area contributed by atoms with Crippen LogP contribution in [0.15, 0.2) is 29.4 Å². The SMILES string of the molecule is CN=C(NCCc1ccc(OC)c(OC(F)F)c1)NCc1ncc(C)s1.I. The van der Waals surface area contributed by atoms with E-state index in [1.165, 1.54) is 7.11 Å². The number of nitrogens with zero attached hydrogens (tertiary/aromatic N) is 2. The van der Waals surface area contributed by atoms with Crippen molar-refractivity contribution in [1.29, 1.82) is 0 Å². The Bertz CT molecular complexity index is 743. The van der Waals surface area contributed by atoms with E-state index in [4.69, 9.17) is 4.74 Å². The Kier molecular flexibility index (Phi) is 10.3. The largest absolute Gasteiger partial charge is 0.493 e. The number of aliphatic imine (C=N–C) groups is 1. The van der Waals surface area contributed by atoms with Gasteiger partial charge in [0.1, 0.15) is 5.01 Å². The molecule has 2 N–H and O–H groups in total. The Morgan fingerprint density at radius 1 is 1.30 bits per heavy atom. The molecule has 0 atom stereocenters. The number of ether oxygens (including phenoxy) is 2. The summed E-state index contributed by atoms with van der Waals surface area (Å²) >= 11 is 1.63. The summed E-state index contributed by atoms with van der Waals surface area (Å²) in [6, 6.07) is 4.99. The van der Waals surface area contributed by atoms with Crippen LogP contribution in [-0.4, -0.2) is 38.3 Å². The fourth-order valence-electron chi connectivity index (χ4n) is 2.25. The molecule has 0 aliphatic rings. The van der Waals surface area contributed by atoms with Crippen LogP contribution in [-0.2, 0) is 13.0 Å². The van der Waals surface area contributed by atoms with Gasteiger partial charge in [-0.1, -0.05) is 6.07 Å². The van der Waals surface area contributed by atoms with Crippen LogP contribution in [0.25, 0.3) is 0 Å². The van der Waals surface area contributed by atoms with Crippen molar-refractivity contribution >= 4 is 41.3 Å². The lowest BCUT2D eigenvalue weighted by Crippen LogP contribution is -2.37. The van der Waals surface area contributed by atoms with Gasteiger partial charge in [-0.25, -0.2) is 4.98 Å². The van der Waals surface area contributed by atoms with Crippen LogP contribution in [0.2, 0.25) is 0 Å². The molecule has 6 nitrogen and oxygen atoms in total. The summed E-state index contributed by atoms with van der Waals surface area (Å²) in [6.07, 6.45) is 2.45. The molecule has 0 bridgehead atoms. The quantitative estimate of drug-likeness (QED) is 0.322. The molecule has 0 saturated heterocycles. The standard InChI is InChI=1S/C17H22F2N4O2S.HI/c1-11-9-22-15(26-11)10-23-17(20-2)21-7-6-12-4-5-13(24-3)14(8-12)25-16(18)19;/h4-5,8-9,16H,6-7,10H2,1-3H3,(H2,20,21,23);1H. The van der Waals surface area contributed by atoms with Crippen LogP contribution >= 0.6 is 35.3 Å². The third kappa shape index (κ3) is 7.83. The van der Waals surface area contributed by atoms with E-state index in [0.717, 1.165) is 15.4 Å². The van der Waals surface area contributed by atoms with Crippen LogP contribution in [0.4, 0.5) is 8.78 Å². The zero-order valence-corrected chi connectivity index (χ0v) is 18.4. The van der Waals surface area contributed by atoms with Crippen molar-refractivity contribution in [2.75, 3.05) is 20.7 Å². The Labute approximate surface area is 178 Å². The molecule has 0 spiro atoms. The molecule has 1 heterocycles. The molecule has 1 aromatic carbocycles. The van der Waals surface area contributed by atoms with E-state index in [-0.39, 0.29) is 35.5 Å². The number of benzene rings is 1. The number of thiazole rings is 1. The zero-order chi connectivity index (χ0) is 18.9. The highest BCUT2D eigenvalue weighted by Gasteiger charge is 2.11. The number of aryl methyl sites for hydroxylation is 1. The average Bonchev–Trinajstić information content (AvgIpc) is 3.03. The molecule has 0 aliphatic carbocycles. The first-order valence-electron chi connectivity index (χ1n) is 7.99. The summed E-state index contributed by atoms with van der Waals surface area (Å²) in [5.74, 6) is 0.954. The molecule has 0 radical (unpaired) electrons. The maximum absolute atomic E-state index is 12.5. The molecule has 1 aromatic heterocycles. The molecule has 0 saturated carbocycles. The number of methoxy groups -OCH3 is 1. The molecule has 2 aromatic rings. The topological polar surface area (TPSA) is 67.8 Å². The molecular weight excluding hydrogens is 489 g/mol. The van der Waals surface area contributed by atoms with E-state index >= 15 is 0 Å². The number of alkyl halides is 2. The van der Waals surface area contributed by atoms with Gasteiger partial charge >= 0.3 is 6.61 Å². The molecule has 27 heavy (non-hydrogen) atoms. The lowest BCUT2D eigenvalue weighted by atomic mass is 10.1. The number of aromatic nitrogens is 1. The Hall–Kier alpha value is -1.69. The maximum Gasteiger partial charge on any atom is 0.387 e. The van der Waals surface area contributed by atoms with Crippen LogP contribution in [0.1, 0.15) is 15.4 Å². The van der Waals surface area contributed by atoms with Crippen molar-refractivity contribution in [2.45, 2.75) is 26.5 Å². The molecule has 0 fully saturated rings. The minimum absolute atomic E-state index is 0. The lowest BCUT2D eigenvalue weighted by molar-refractivity contribution is -0.0512. The second-order valence-electron chi connectivity index (χ2n) is 5.33. The second-order valence-corrected chi connectivity index (χ2v) is 6.65. The highest BCUT2D eigenvalue weighted by Crippen LogP contribution is 2.29. The summed E-state index contributed by atoms with van der Waals surface area (Å²) in [4.78, 5) is 9.60. The van der Waals surface area contributed by atoms with Crippen molar-refractivity contribution in [3.8, 4) is 11.5 Å². The van der Waals surface area contributed by atoms with Gasteiger partial charge in [-0.05, 0) is 31.0 Å². The van der Waals surface area contributed by atoms with Crippen LogP contribution in [0.3, 0.4) is 0 Å². The average molecular weight is 512 g/mol. The minimum atomic E-state index is -2.89. The molecule has 0 amide bonds. The molecular formula is C17H23F2IN4O2S. The first-order valence-corrected chi connectivity index (χ1v) is 8.81. The third-order valence-corrected chi connectivity index (χ3v) is 4.36. The van der Waals surface area contributed by atoms with Crippen molar-refractivity contribution in [1.82, 2.24) is 15.6 Å². The van der Waals surface area contributed by atoms with E-state index in [9.17, 15) is 8.78 Å². The monoisotopic (exact) mass is 512 g/mol. The van der Waals surface area contributed by atoms with Gasteiger partial charge in [0.05, 0.1) is 13.7 Å². The summed E-state index contributed by atoms with van der Waals surface area (Å²) in [7, 11) is 3.10. The molecule has 0 aliphatic heterocycles. The summed E-state index contributed by atoms with van der Waals surface area (Å²) in [5, 5.41) is 7.34. The van der Waals surface area contributed by atoms with Crippen molar-refractivity contribution < 1.29 is 18.3 Å². The van der Waals surface area contributed by atoms with Crippen molar-refractivity contribution in [2.24, 2.45) is 4.99 Å². The number of rotatable bonds is 8. The molecule has 2 rings (SSSR count). The van der Waals surface area contributed by atoms with Gasteiger partial charge in [-0.3, -0.25) is 4.99 Å². The second kappa shape index (κ2) is 11.9. The van der Waals surface area contributed by atoms with Gasteiger partial charge in [0.2, 0.25) is 0 Å². The van der Waals surface area contributed by atoms with Crippen molar-refractivity contribution in [3.63, 3.8) is 0 Å². The van der Waals surface area contributed by atoms with Gasteiger partial charge in [0.15, 0.2) is 17.5 Å². The van der Waals surface area contributed by atoms with E-state index in [1.54, 1.807) is 30.5 Å². The fraction of sp³-hybridized carbons (Fsp3) is 0.412. The smallest absolute Gasteiger partial charge is 0.387 e. The number of nitrogens with one attached hydrogen (secondary N) is 2. The highest BCUT2D eigenvalue weighted by atomic mass is 127. The Morgan fingerprint density at radius 2 is 2.07 bits per heavy atom. The van der Waals surface area contributed by atoms with Gasteiger partial charge < -0.3 is 20.1 Å². The predicted molar refractivity (Wildman–Crippen MR) is 114 cm³/mol. The Morgan fingerprint density at radius 3 is 2.67 bits per heavy atom. The highest BCUT2D eigenvalue weighted by molar-refractivity contribution is 14.0. The number of hydrogen-bond acceptors (Lipinski definition) is 5. The molecule has 10 heteroatoms. The van der Waals surface area contributed by atoms with Gasteiger partial charge in [0.25, 0.3) is 0 Å². The summed E-state index contributed by atoms with van der Waals surface area (Å²) in [5.41, 5.74) is 0.847. The van der Waals surface area contributed by atoms with E-state index in [0.29, 0.717) is 25.5 Å². The van der Waals surface area contributed by atoms with Gasteiger partial charge in [-0.15, -0.1) is 35.3 Å². The summed E-state index contributed by atoms with van der Waals surface area (Å²) < 4.78 is 34.5. The maximum atomic E-state index is 12.5. The van der Waals surface area contributed by atoms with E-state index in [2.05, 4.69) is 25.3 Å². The lowest BCUT2D eigenvalue weighted by Gasteiger charge is -2.13. The number of halogens is 3. The fourth-order valence-corrected chi connectivity index (χ4v) is 2.98. The van der Waals surface area contributed by atoms with Crippen LogP contribution < -0.4 is 20.1 Å².